The highest BCUT2D eigenvalue weighted by molar-refractivity contribution is 9.10. The summed E-state index contributed by atoms with van der Waals surface area (Å²) in [6.07, 6.45) is 0.348. The third-order valence-corrected chi connectivity index (χ3v) is 3.79. The Kier molecular flexibility index (Phi) is 4.45. The van der Waals surface area contributed by atoms with E-state index in [1.54, 1.807) is 0 Å². The minimum Gasteiger partial charge on any atom is -0.398 e. The molecule has 2 rings (SSSR count). The van der Waals surface area contributed by atoms with E-state index in [1.807, 2.05) is 50.2 Å². The zero-order valence-corrected chi connectivity index (χ0v) is 13.1. The lowest BCUT2D eigenvalue weighted by atomic mass is 10.1. The molecule has 20 heavy (non-hydrogen) atoms. The van der Waals surface area contributed by atoms with Gasteiger partial charge in [-0.15, -0.1) is 0 Å². The van der Waals surface area contributed by atoms with Gasteiger partial charge >= 0.3 is 0 Å². The summed E-state index contributed by atoms with van der Waals surface area (Å²) in [5, 5.41) is 2.95. The van der Waals surface area contributed by atoms with Crippen LogP contribution in [-0.2, 0) is 11.2 Å². The fraction of sp³-hybridized carbons (Fsp3) is 0.188. The second kappa shape index (κ2) is 6.09. The molecule has 0 unspecified atom stereocenters. The topological polar surface area (TPSA) is 55.1 Å². The SMILES string of the molecule is Cc1ccc(N)c(C)c1NC(=O)Cc1ccc(Br)cc1. The van der Waals surface area contributed by atoms with Gasteiger partial charge in [0.15, 0.2) is 0 Å². The first-order chi connectivity index (χ1) is 9.47. The number of amides is 1. The van der Waals surface area contributed by atoms with Crippen LogP contribution in [0.2, 0.25) is 0 Å². The van der Waals surface area contributed by atoms with Crippen molar-refractivity contribution in [3.63, 3.8) is 0 Å². The fourth-order valence-corrected chi connectivity index (χ4v) is 2.29. The number of nitrogen functional groups attached to an aromatic ring is 1. The highest BCUT2D eigenvalue weighted by atomic mass is 79.9. The number of anilines is 2. The summed E-state index contributed by atoms with van der Waals surface area (Å²) >= 11 is 3.38. The molecule has 1 amide bonds. The predicted octanol–water partition coefficient (Wildman–Crippen LogP) is 3.83. The van der Waals surface area contributed by atoms with Crippen LogP contribution < -0.4 is 11.1 Å². The molecule has 0 saturated heterocycles. The first kappa shape index (κ1) is 14.6. The number of carbonyl (C=O) groups is 1. The number of halogens is 1. The van der Waals surface area contributed by atoms with Crippen LogP contribution in [0.4, 0.5) is 11.4 Å². The van der Waals surface area contributed by atoms with Crippen molar-refractivity contribution in [1.82, 2.24) is 0 Å². The predicted molar refractivity (Wildman–Crippen MR) is 86.8 cm³/mol. The third kappa shape index (κ3) is 3.39. The lowest BCUT2D eigenvalue weighted by Crippen LogP contribution is -2.16. The Bertz CT molecular complexity index is 636. The summed E-state index contributed by atoms with van der Waals surface area (Å²) in [4.78, 5) is 12.1. The van der Waals surface area contributed by atoms with Crippen LogP contribution in [0.3, 0.4) is 0 Å². The molecule has 3 N–H and O–H groups in total. The van der Waals surface area contributed by atoms with E-state index >= 15 is 0 Å². The van der Waals surface area contributed by atoms with Crippen LogP contribution in [-0.4, -0.2) is 5.91 Å². The molecule has 0 spiro atoms. The van der Waals surface area contributed by atoms with Crippen molar-refractivity contribution >= 4 is 33.2 Å². The lowest BCUT2D eigenvalue weighted by Gasteiger charge is -2.13. The largest absolute Gasteiger partial charge is 0.398 e. The maximum absolute atomic E-state index is 12.1. The Morgan fingerprint density at radius 3 is 2.45 bits per heavy atom. The number of carbonyl (C=O) groups excluding carboxylic acids is 1. The summed E-state index contributed by atoms with van der Waals surface area (Å²) in [7, 11) is 0. The number of hydrogen-bond donors (Lipinski definition) is 2. The van der Waals surface area contributed by atoms with E-state index in [9.17, 15) is 4.79 Å². The van der Waals surface area contributed by atoms with Gasteiger partial charge in [0.25, 0.3) is 0 Å². The lowest BCUT2D eigenvalue weighted by molar-refractivity contribution is -0.115. The molecule has 104 valence electrons. The monoisotopic (exact) mass is 332 g/mol. The van der Waals surface area contributed by atoms with Crippen molar-refractivity contribution in [2.75, 3.05) is 11.1 Å². The number of nitrogens with one attached hydrogen (secondary N) is 1. The van der Waals surface area contributed by atoms with Crippen LogP contribution in [0.5, 0.6) is 0 Å². The molecular weight excluding hydrogens is 316 g/mol. The minimum absolute atomic E-state index is 0.0378. The van der Waals surface area contributed by atoms with Gasteiger partial charge in [0.05, 0.1) is 6.42 Å². The molecule has 2 aromatic carbocycles. The molecule has 4 heteroatoms. The molecular formula is C16H17BrN2O. The Labute approximate surface area is 127 Å². The van der Waals surface area contributed by atoms with Gasteiger partial charge in [0.1, 0.15) is 0 Å². The van der Waals surface area contributed by atoms with E-state index in [4.69, 9.17) is 5.73 Å². The molecule has 0 radical (unpaired) electrons. The molecule has 0 bridgehead atoms. The zero-order valence-electron chi connectivity index (χ0n) is 11.5. The first-order valence-corrected chi connectivity index (χ1v) is 7.16. The van der Waals surface area contributed by atoms with Crippen molar-refractivity contribution in [3.8, 4) is 0 Å². The van der Waals surface area contributed by atoms with Crippen molar-refractivity contribution in [2.45, 2.75) is 20.3 Å². The first-order valence-electron chi connectivity index (χ1n) is 6.37. The van der Waals surface area contributed by atoms with E-state index in [2.05, 4.69) is 21.2 Å². The minimum atomic E-state index is -0.0378. The van der Waals surface area contributed by atoms with Gasteiger partial charge in [0.2, 0.25) is 5.91 Å². The van der Waals surface area contributed by atoms with E-state index in [1.165, 1.54) is 0 Å². The van der Waals surface area contributed by atoms with Crippen molar-refractivity contribution < 1.29 is 4.79 Å². The standard InChI is InChI=1S/C16H17BrN2O/c1-10-3-8-14(18)11(2)16(10)19-15(20)9-12-4-6-13(17)7-5-12/h3-8H,9,18H2,1-2H3,(H,19,20). The van der Waals surface area contributed by atoms with Crippen LogP contribution in [0.15, 0.2) is 40.9 Å². The molecule has 3 nitrogen and oxygen atoms in total. The summed E-state index contributed by atoms with van der Waals surface area (Å²) in [5.41, 5.74) is 10.3. The molecule has 0 aromatic heterocycles. The van der Waals surface area contributed by atoms with Gasteiger partial charge in [-0.3, -0.25) is 4.79 Å². The average Bonchev–Trinajstić information content (AvgIpc) is 2.42. The van der Waals surface area contributed by atoms with Crippen LogP contribution >= 0.6 is 15.9 Å². The van der Waals surface area contributed by atoms with E-state index < -0.39 is 0 Å². The highest BCUT2D eigenvalue weighted by Crippen LogP contribution is 2.25. The van der Waals surface area contributed by atoms with Gasteiger partial charge in [-0.1, -0.05) is 34.1 Å². The van der Waals surface area contributed by atoms with E-state index in [0.29, 0.717) is 12.1 Å². The third-order valence-electron chi connectivity index (χ3n) is 3.26. The van der Waals surface area contributed by atoms with Gasteiger partial charge in [0, 0.05) is 15.8 Å². The molecule has 0 saturated carbocycles. The summed E-state index contributed by atoms with van der Waals surface area (Å²) in [5.74, 6) is -0.0378. The van der Waals surface area contributed by atoms with Gasteiger partial charge in [-0.25, -0.2) is 0 Å². The maximum Gasteiger partial charge on any atom is 0.228 e. The maximum atomic E-state index is 12.1. The number of hydrogen-bond acceptors (Lipinski definition) is 2. The van der Waals surface area contributed by atoms with Crippen LogP contribution in [0.25, 0.3) is 0 Å². The Hall–Kier alpha value is -1.81. The molecule has 0 fully saturated rings. The Morgan fingerprint density at radius 1 is 1.15 bits per heavy atom. The van der Waals surface area contributed by atoms with E-state index in [0.717, 1.165) is 26.9 Å². The van der Waals surface area contributed by atoms with Crippen molar-refractivity contribution in [3.05, 3.63) is 57.6 Å². The normalized spacial score (nSPS) is 10.3. The van der Waals surface area contributed by atoms with Gasteiger partial charge < -0.3 is 11.1 Å². The quantitative estimate of drug-likeness (QED) is 0.839. The zero-order chi connectivity index (χ0) is 14.7. The van der Waals surface area contributed by atoms with E-state index in [-0.39, 0.29) is 5.91 Å². The molecule has 0 aliphatic rings. The van der Waals surface area contributed by atoms with Crippen LogP contribution in [0, 0.1) is 13.8 Å². The van der Waals surface area contributed by atoms with Crippen LogP contribution in [0.1, 0.15) is 16.7 Å². The molecule has 0 atom stereocenters. The highest BCUT2D eigenvalue weighted by Gasteiger charge is 2.10. The van der Waals surface area contributed by atoms with Crippen molar-refractivity contribution in [1.29, 1.82) is 0 Å². The summed E-state index contributed by atoms with van der Waals surface area (Å²) in [6, 6.07) is 11.5. The number of rotatable bonds is 3. The van der Waals surface area contributed by atoms with Gasteiger partial charge in [-0.05, 0) is 48.7 Å². The summed E-state index contributed by atoms with van der Waals surface area (Å²) < 4.78 is 1.00. The smallest absolute Gasteiger partial charge is 0.228 e. The molecule has 2 aromatic rings. The Morgan fingerprint density at radius 2 is 1.80 bits per heavy atom. The number of benzene rings is 2. The van der Waals surface area contributed by atoms with Crippen molar-refractivity contribution in [2.24, 2.45) is 0 Å². The molecule has 0 heterocycles. The fourth-order valence-electron chi connectivity index (χ4n) is 2.03. The Balaban J connectivity index is 2.12. The summed E-state index contributed by atoms with van der Waals surface area (Å²) in [6.45, 7) is 3.87. The second-order valence-corrected chi connectivity index (χ2v) is 5.74. The number of aryl methyl sites for hydroxylation is 1. The van der Waals surface area contributed by atoms with Gasteiger partial charge in [-0.2, -0.15) is 0 Å². The molecule has 0 aliphatic carbocycles. The average molecular weight is 333 g/mol. The number of nitrogens with two attached hydrogens (primary N) is 1. The molecule has 0 aliphatic heterocycles. The second-order valence-electron chi connectivity index (χ2n) is 4.82.